The summed E-state index contributed by atoms with van der Waals surface area (Å²) in [5.41, 5.74) is 2.13. The van der Waals surface area contributed by atoms with Crippen LogP contribution in [0.15, 0.2) is 30.3 Å². The molecule has 4 heterocycles. The third-order valence-corrected chi connectivity index (χ3v) is 5.62. The van der Waals surface area contributed by atoms with Crippen molar-refractivity contribution < 1.29 is 14.2 Å². The Hall–Kier alpha value is -3.70. The van der Waals surface area contributed by atoms with Gasteiger partial charge in [0.05, 0.1) is 12.3 Å². The summed E-state index contributed by atoms with van der Waals surface area (Å²) >= 11 is 0. The van der Waals surface area contributed by atoms with Gasteiger partial charge in [0, 0.05) is 54.9 Å². The number of aryl methyl sites for hydroxylation is 1. The van der Waals surface area contributed by atoms with E-state index in [4.69, 9.17) is 4.74 Å². The molecule has 172 valence electrons. The van der Waals surface area contributed by atoms with Crippen LogP contribution in [-0.2, 0) is 6.61 Å². The predicted molar refractivity (Wildman–Crippen MR) is 123 cm³/mol. The molecule has 0 spiro atoms. The highest BCUT2D eigenvalue weighted by Crippen LogP contribution is 2.31. The van der Waals surface area contributed by atoms with Gasteiger partial charge in [0.25, 0.3) is 0 Å². The standard InChI is InChI=1S/C22H25FN8O2/c1-13-9-15-16(24-13)3-4-17(21(15)23)33-22-26-18(25-19-10-14(12-32)28-29-19)11-20(27-22)31-7-5-30(2)6-8-31/h3-4,9-11,24,32H,5-8,12H2,1-2H3,(H2,25,26,27,28,29). The molecule has 0 atom stereocenters. The summed E-state index contributed by atoms with van der Waals surface area (Å²) in [4.78, 5) is 16.5. The van der Waals surface area contributed by atoms with Gasteiger partial charge < -0.3 is 29.9 Å². The summed E-state index contributed by atoms with van der Waals surface area (Å²) in [6.45, 7) is 5.12. The van der Waals surface area contributed by atoms with Crippen LogP contribution in [0.1, 0.15) is 11.4 Å². The van der Waals surface area contributed by atoms with Gasteiger partial charge in [-0.05, 0) is 32.2 Å². The first-order chi connectivity index (χ1) is 16.0. The summed E-state index contributed by atoms with van der Waals surface area (Å²) in [6.07, 6.45) is 0. The molecule has 33 heavy (non-hydrogen) atoms. The van der Waals surface area contributed by atoms with Crippen molar-refractivity contribution >= 4 is 28.4 Å². The van der Waals surface area contributed by atoms with E-state index >= 15 is 4.39 Å². The van der Waals surface area contributed by atoms with Crippen LogP contribution < -0.4 is 15.0 Å². The largest absolute Gasteiger partial charge is 0.421 e. The molecule has 0 radical (unpaired) electrons. The fourth-order valence-corrected chi connectivity index (χ4v) is 3.82. The van der Waals surface area contributed by atoms with E-state index in [0.29, 0.717) is 34.1 Å². The van der Waals surface area contributed by atoms with Crippen LogP contribution in [0.5, 0.6) is 11.8 Å². The molecule has 10 nitrogen and oxygen atoms in total. The SMILES string of the molecule is Cc1cc2c(F)c(Oc3nc(Nc4cc(CO)[nH]n4)cc(N4CCN(C)CC4)n3)ccc2[nH]1. The highest BCUT2D eigenvalue weighted by molar-refractivity contribution is 5.82. The Morgan fingerprint density at radius 3 is 2.70 bits per heavy atom. The lowest BCUT2D eigenvalue weighted by atomic mass is 10.2. The molecular weight excluding hydrogens is 427 g/mol. The molecule has 0 saturated carbocycles. The van der Waals surface area contributed by atoms with E-state index in [1.807, 2.05) is 6.92 Å². The van der Waals surface area contributed by atoms with E-state index in [1.54, 1.807) is 30.3 Å². The van der Waals surface area contributed by atoms with Gasteiger partial charge in [-0.25, -0.2) is 4.39 Å². The van der Waals surface area contributed by atoms with Crippen LogP contribution >= 0.6 is 0 Å². The van der Waals surface area contributed by atoms with Crippen LogP contribution in [0.25, 0.3) is 10.9 Å². The Balaban J connectivity index is 1.48. The van der Waals surface area contributed by atoms with Crippen LogP contribution in [0.4, 0.5) is 21.8 Å². The number of ether oxygens (including phenoxy) is 1. The third kappa shape index (κ3) is 4.45. The van der Waals surface area contributed by atoms with Crippen LogP contribution in [0.2, 0.25) is 0 Å². The van der Waals surface area contributed by atoms with Gasteiger partial charge in [-0.3, -0.25) is 5.10 Å². The molecule has 4 N–H and O–H groups in total. The van der Waals surface area contributed by atoms with Crippen molar-refractivity contribution in [1.82, 2.24) is 30.0 Å². The van der Waals surface area contributed by atoms with Gasteiger partial charge in [0.15, 0.2) is 17.4 Å². The lowest BCUT2D eigenvalue weighted by Gasteiger charge is -2.33. The van der Waals surface area contributed by atoms with Crippen LogP contribution in [-0.4, -0.2) is 68.4 Å². The normalized spacial score (nSPS) is 14.7. The number of aliphatic hydroxyl groups is 1. The number of aromatic nitrogens is 5. The van der Waals surface area contributed by atoms with Crippen molar-refractivity contribution in [2.75, 3.05) is 43.4 Å². The Kier molecular flexibility index (Phi) is 5.56. The summed E-state index contributed by atoms with van der Waals surface area (Å²) in [6, 6.07) is 8.58. The Bertz CT molecular complexity index is 1280. The average molecular weight is 452 g/mol. The Morgan fingerprint density at radius 1 is 1.12 bits per heavy atom. The summed E-state index contributed by atoms with van der Waals surface area (Å²) in [5, 5.41) is 19.7. The van der Waals surface area contributed by atoms with Crippen molar-refractivity contribution in [2.45, 2.75) is 13.5 Å². The fraction of sp³-hybridized carbons (Fsp3) is 0.318. The lowest BCUT2D eigenvalue weighted by Crippen LogP contribution is -2.44. The molecule has 3 aromatic heterocycles. The average Bonchev–Trinajstić information content (AvgIpc) is 3.42. The highest BCUT2D eigenvalue weighted by atomic mass is 19.1. The van der Waals surface area contributed by atoms with E-state index in [-0.39, 0.29) is 18.4 Å². The van der Waals surface area contributed by atoms with Gasteiger partial charge in [0.2, 0.25) is 0 Å². The summed E-state index contributed by atoms with van der Waals surface area (Å²) in [5.74, 6) is 1.19. The highest BCUT2D eigenvalue weighted by Gasteiger charge is 2.19. The minimum Gasteiger partial charge on any atom is -0.421 e. The fourth-order valence-electron chi connectivity index (χ4n) is 3.82. The number of nitrogens with zero attached hydrogens (tertiary/aromatic N) is 5. The maximum absolute atomic E-state index is 15.1. The second-order valence-corrected chi connectivity index (χ2v) is 8.14. The number of piperazine rings is 1. The van der Waals surface area contributed by atoms with Gasteiger partial charge in [-0.1, -0.05) is 0 Å². The van der Waals surface area contributed by atoms with E-state index in [9.17, 15) is 5.11 Å². The molecule has 1 aliphatic rings. The minimum atomic E-state index is -0.472. The zero-order valence-corrected chi connectivity index (χ0v) is 18.4. The number of hydrogen-bond acceptors (Lipinski definition) is 8. The lowest BCUT2D eigenvalue weighted by molar-refractivity contribution is 0.276. The van der Waals surface area contributed by atoms with Gasteiger partial charge in [0.1, 0.15) is 11.6 Å². The molecule has 1 fully saturated rings. The van der Waals surface area contributed by atoms with E-state index in [1.165, 1.54) is 0 Å². The molecule has 4 aromatic rings. The topological polar surface area (TPSA) is 118 Å². The second-order valence-electron chi connectivity index (χ2n) is 8.14. The molecule has 1 aromatic carbocycles. The number of fused-ring (bicyclic) bond motifs is 1. The van der Waals surface area contributed by atoms with Crippen LogP contribution in [0.3, 0.4) is 0 Å². The minimum absolute atomic E-state index is 0.0253. The van der Waals surface area contributed by atoms with Crippen molar-refractivity contribution in [2.24, 2.45) is 0 Å². The maximum Gasteiger partial charge on any atom is 0.326 e. The number of H-pyrrole nitrogens is 2. The number of likely N-dealkylation sites (N-methyl/N-ethyl adjacent to an activating group) is 1. The van der Waals surface area contributed by atoms with Crippen molar-refractivity contribution in [3.8, 4) is 11.8 Å². The number of rotatable bonds is 6. The quantitative estimate of drug-likeness (QED) is 0.353. The Labute approximate surface area is 189 Å². The Morgan fingerprint density at radius 2 is 1.94 bits per heavy atom. The van der Waals surface area contributed by atoms with Crippen molar-refractivity contribution in [1.29, 1.82) is 0 Å². The smallest absolute Gasteiger partial charge is 0.326 e. The number of aliphatic hydroxyl groups excluding tert-OH is 1. The first-order valence-corrected chi connectivity index (χ1v) is 10.7. The van der Waals surface area contributed by atoms with E-state index < -0.39 is 5.82 Å². The first-order valence-electron chi connectivity index (χ1n) is 10.7. The van der Waals surface area contributed by atoms with Crippen molar-refractivity contribution in [3.63, 3.8) is 0 Å². The number of aromatic amines is 2. The number of anilines is 3. The molecule has 1 aliphatic heterocycles. The number of hydrogen-bond donors (Lipinski definition) is 4. The van der Waals surface area contributed by atoms with Gasteiger partial charge in [-0.2, -0.15) is 15.1 Å². The molecule has 0 unspecified atom stereocenters. The zero-order valence-electron chi connectivity index (χ0n) is 18.4. The maximum atomic E-state index is 15.1. The molecule has 11 heteroatoms. The van der Waals surface area contributed by atoms with Gasteiger partial charge >= 0.3 is 6.01 Å². The predicted octanol–water partition coefficient (Wildman–Crippen LogP) is 2.91. The second kappa shape index (κ2) is 8.68. The molecule has 5 rings (SSSR count). The van der Waals surface area contributed by atoms with E-state index in [2.05, 4.69) is 47.3 Å². The summed E-state index contributed by atoms with van der Waals surface area (Å²) < 4.78 is 20.9. The number of halogens is 1. The molecular formula is C22H25FN8O2. The molecule has 0 amide bonds. The number of nitrogens with one attached hydrogen (secondary N) is 3. The molecule has 0 bridgehead atoms. The van der Waals surface area contributed by atoms with Crippen molar-refractivity contribution in [3.05, 3.63) is 47.5 Å². The zero-order chi connectivity index (χ0) is 22.9. The summed E-state index contributed by atoms with van der Waals surface area (Å²) in [7, 11) is 2.08. The molecule has 1 saturated heterocycles. The van der Waals surface area contributed by atoms with Crippen LogP contribution in [0, 0.1) is 12.7 Å². The monoisotopic (exact) mass is 452 g/mol. The molecule has 0 aliphatic carbocycles. The van der Waals surface area contributed by atoms with Gasteiger partial charge in [-0.15, -0.1) is 0 Å². The number of benzene rings is 1. The third-order valence-electron chi connectivity index (χ3n) is 5.62. The van der Waals surface area contributed by atoms with E-state index in [0.717, 1.165) is 31.9 Å². The first kappa shape index (κ1) is 21.2.